The molecular formula is C9H13N3O3. The Morgan fingerprint density at radius 1 is 1.60 bits per heavy atom. The molecule has 1 unspecified atom stereocenters. The minimum Gasteiger partial charge on any atom is -0.465 e. The van der Waals surface area contributed by atoms with Gasteiger partial charge in [0.15, 0.2) is 0 Å². The SMILES string of the molecule is CC1c2[nH]n(C)c(=O)c2CCN1C(=O)O. The lowest BCUT2D eigenvalue weighted by Gasteiger charge is -2.30. The molecule has 1 aliphatic rings. The fraction of sp³-hybridized carbons (Fsp3) is 0.556. The van der Waals surface area contributed by atoms with Crippen LogP contribution in [0.2, 0.25) is 0 Å². The number of rotatable bonds is 0. The molecule has 6 heteroatoms. The lowest BCUT2D eigenvalue weighted by atomic mass is 10.0. The van der Waals surface area contributed by atoms with Crippen molar-refractivity contribution in [2.75, 3.05) is 6.54 Å². The number of fused-ring (bicyclic) bond motifs is 1. The van der Waals surface area contributed by atoms with Crippen molar-refractivity contribution >= 4 is 6.09 Å². The lowest BCUT2D eigenvalue weighted by Crippen LogP contribution is -2.38. The molecule has 2 N–H and O–H groups in total. The van der Waals surface area contributed by atoms with Crippen LogP contribution in [0, 0.1) is 0 Å². The maximum Gasteiger partial charge on any atom is 0.407 e. The first-order valence-electron chi connectivity index (χ1n) is 4.79. The fourth-order valence-corrected chi connectivity index (χ4v) is 2.05. The fourth-order valence-electron chi connectivity index (χ4n) is 2.05. The molecule has 15 heavy (non-hydrogen) atoms. The molecule has 0 aromatic carbocycles. The highest BCUT2D eigenvalue weighted by molar-refractivity contribution is 5.66. The number of aromatic amines is 1. The predicted octanol–water partition coefficient (Wildman–Crippen LogP) is 0.310. The molecule has 0 saturated heterocycles. The Labute approximate surface area is 86.1 Å². The maximum atomic E-state index is 11.6. The second-order valence-electron chi connectivity index (χ2n) is 3.77. The topological polar surface area (TPSA) is 78.3 Å². The zero-order chi connectivity index (χ0) is 11.2. The number of nitrogens with zero attached hydrogens (tertiary/aromatic N) is 2. The van der Waals surface area contributed by atoms with Crippen molar-refractivity contribution in [3.63, 3.8) is 0 Å². The molecule has 82 valence electrons. The lowest BCUT2D eigenvalue weighted by molar-refractivity contribution is 0.123. The van der Waals surface area contributed by atoms with Crippen molar-refractivity contribution < 1.29 is 9.90 Å². The molecule has 1 aromatic rings. The number of hydrogen-bond donors (Lipinski definition) is 2. The van der Waals surface area contributed by atoms with E-state index in [0.717, 1.165) is 5.69 Å². The Bertz CT molecular complexity index is 460. The highest BCUT2D eigenvalue weighted by Crippen LogP contribution is 2.25. The molecule has 1 atom stereocenters. The number of nitrogens with one attached hydrogen (secondary N) is 1. The molecule has 2 rings (SSSR count). The van der Waals surface area contributed by atoms with Crippen LogP contribution in [0.25, 0.3) is 0 Å². The average Bonchev–Trinajstić information content (AvgIpc) is 2.45. The van der Waals surface area contributed by atoms with Crippen molar-refractivity contribution in [3.05, 3.63) is 21.6 Å². The summed E-state index contributed by atoms with van der Waals surface area (Å²) in [6.45, 7) is 2.17. The van der Waals surface area contributed by atoms with E-state index in [1.165, 1.54) is 9.58 Å². The summed E-state index contributed by atoms with van der Waals surface area (Å²) in [6.07, 6.45) is -0.458. The van der Waals surface area contributed by atoms with Crippen molar-refractivity contribution in [1.82, 2.24) is 14.7 Å². The van der Waals surface area contributed by atoms with Gasteiger partial charge in [0.1, 0.15) is 0 Å². The molecule has 1 aromatic heterocycles. The number of carbonyl (C=O) groups is 1. The van der Waals surface area contributed by atoms with Gasteiger partial charge in [-0.3, -0.25) is 19.5 Å². The summed E-state index contributed by atoms with van der Waals surface area (Å²) in [5.74, 6) is 0. The van der Waals surface area contributed by atoms with E-state index in [2.05, 4.69) is 5.10 Å². The minimum absolute atomic E-state index is 0.0538. The predicted molar refractivity (Wildman–Crippen MR) is 52.9 cm³/mol. The van der Waals surface area contributed by atoms with Crippen molar-refractivity contribution in [3.8, 4) is 0 Å². The third-order valence-corrected chi connectivity index (χ3v) is 2.91. The highest BCUT2D eigenvalue weighted by Gasteiger charge is 2.30. The minimum atomic E-state index is -0.946. The van der Waals surface area contributed by atoms with Crippen LogP contribution in [-0.2, 0) is 13.5 Å². The smallest absolute Gasteiger partial charge is 0.407 e. The van der Waals surface area contributed by atoms with Crippen LogP contribution in [0.15, 0.2) is 4.79 Å². The van der Waals surface area contributed by atoms with Crippen molar-refractivity contribution in [2.24, 2.45) is 7.05 Å². The van der Waals surface area contributed by atoms with E-state index in [1.54, 1.807) is 14.0 Å². The molecule has 1 amide bonds. The number of hydrogen-bond acceptors (Lipinski definition) is 2. The Kier molecular flexibility index (Phi) is 2.06. The highest BCUT2D eigenvalue weighted by atomic mass is 16.4. The first-order chi connectivity index (χ1) is 7.02. The van der Waals surface area contributed by atoms with Crippen LogP contribution in [0.3, 0.4) is 0 Å². The summed E-state index contributed by atoms with van der Waals surface area (Å²) in [7, 11) is 1.64. The van der Waals surface area contributed by atoms with Crippen LogP contribution in [-0.4, -0.2) is 32.4 Å². The van der Waals surface area contributed by atoms with Crippen LogP contribution in [0.4, 0.5) is 4.79 Å². The first kappa shape index (κ1) is 9.82. The van der Waals surface area contributed by atoms with Gasteiger partial charge in [0.25, 0.3) is 5.56 Å². The number of carboxylic acid groups (broad SMARTS) is 1. The number of amides is 1. The third-order valence-electron chi connectivity index (χ3n) is 2.91. The molecular weight excluding hydrogens is 198 g/mol. The van der Waals surface area contributed by atoms with Crippen molar-refractivity contribution in [2.45, 2.75) is 19.4 Å². The molecule has 0 radical (unpaired) electrons. The quantitative estimate of drug-likeness (QED) is 0.648. The van der Waals surface area contributed by atoms with E-state index in [-0.39, 0.29) is 11.6 Å². The molecule has 0 fully saturated rings. The Morgan fingerprint density at radius 3 is 2.87 bits per heavy atom. The standard InChI is InChI=1S/C9H13N3O3/c1-5-7-6(8(13)11(2)10-7)3-4-12(5)9(14)15/h5,10H,3-4H2,1-2H3,(H,14,15). The van der Waals surface area contributed by atoms with Crippen LogP contribution < -0.4 is 5.56 Å². The van der Waals surface area contributed by atoms with Gasteiger partial charge in [0, 0.05) is 19.2 Å². The van der Waals surface area contributed by atoms with Gasteiger partial charge in [-0.05, 0) is 13.3 Å². The van der Waals surface area contributed by atoms with Gasteiger partial charge in [-0.25, -0.2) is 4.79 Å². The average molecular weight is 211 g/mol. The molecule has 1 aliphatic heterocycles. The third kappa shape index (κ3) is 1.33. The van der Waals surface area contributed by atoms with Gasteiger partial charge in [-0.1, -0.05) is 0 Å². The Balaban J connectivity index is 2.47. The van der Waals surface area contributed by atoms with Gasteiger partial charge in [-0.2, -0.15) is 0 Å². The monoisotopic (exact) mass is 211 g/mol. The number of aryl methyl sites for hydroxylation is 1. The van der Waals surface area contributed by atoms with E-state index in [4.69, 9.17) is 5.11 Å². The van der Waals surface area contributed by atoms with Gasteiger partial charge >= 0.3 is 6.09 Å². The van der Waals surface area contributed by atoms with Gasteiger partial charge in [0.05, 0.1) is 11.7 Å². The number of H-pyrrole nitrogens is 1. The number of aromatic nitrogens is 2. The zero-order valence-electron chi connectivity index (χ0n) is 8.65. The molecule has 2 heterocycles. The molecule has 0 spiro atoms. The molecule has 0 bridgehead atoms. The summed E-state index contributed by atoms with van der Waals surface area (Å²) < 4.78 is 1.40. The van der Waals surface area contributed by atoms with E-state index < -0.39 is 6.09 Å². The summed E-state index contributed by atoms with van der Waals surface area (Å²) in [4.78, 5) is 23.8. The second-order valence-corrected chi connectivity index (χ2v) is 3.77. The summed E-state index contributed by atoms with van der Waals surface area (Å²) in [6, 6.07) is -0.278. The van der Waals surface area contributed by atoms with Crippen LogP contribution in [0.5, 0.6) is 0 Å². The zero-order valence-corrected chi connectivity index (χ0v) is 8.65. The first-order valence-corrected chi connectivity index (χ1v) is 4.79. The Hall–Kier alpha value is -1.72. The molecule has 6 nitrogen and oxygen atoms in total. The van der Waals surface area contributed by atoms with E-state index in [1.807, 2.05) is 0 Å². The van der Waals surface area contributed by atoms with Gasteiger partial charge in [-0.15, -0.1) is 0 Å². The van der Waals surface area contributed by atoms with Crippen LogP contribution in [0.1, 0.15) is 24.2 Å². The van der Waals surface area contributed by atoms with E-state index in [9.17, 15) is 9.59 Å². The van der Waals surface area contributed by atoms with Gasteiger partial charge in [0.2, 0.25) is 0 Å². The largest absolute Gasteiger partial charge is 0.465 e. The normalized spacial score (nSPS) is 20.1. The van der Waals surface area contributed by atoms with E-state index in [0.29, 0.717) is 18.5 Å². The van der Waals surface area contributed by atoms with E-state index >= 15 is 0 Å². The molecule has 0 aliphatic carbocycles. The van der Waals surface area contributed by atoms with Gasteiger partial charge < -0.3 is 5.11 Å². The summed E-state index contributed by atoms with van der Waals surface area (Å²) in [5.41, 5.74) is 1.38. The van der Waals surface area contributed by atoms with Crippen molar-refractivity contribution in [1.29, 1.82) is 0 Å². The summed E-state index contributed by atoms with van der Waals surface area (Å²) >= 11 is 0. The Morgan fingerprint density at radius 2 is 2.27 bits per heavy atom. The second kappa shape index (κ2) is 3.15. The van der Waals surface area contributed by atoms with Crippen LogP contribution >= 0.6 is 0 Å². The molecule has 0 saturated carbocycles. The summed E-state index contributed by atoms with van der Waals surface area (Å²) in [5, 5.41) is 11.8. The maximum absolute atomic E-state index is 11.6.